The van der Waals surface area contributed by atoms with Gasteiger partial charge in [-0.15, -0.1) is 0 Å². The number of carboxylic acids is 1. The van der Waals surface area contributed by atoms with E-state index in [2.05, 4.69) is 19.9 Å². The van der Waals surface area contributed by atoms with Crippen LogP contribution in [0.15, 0.2) is 9.59 Å². The average Bonchev–Trinajstić information content (AvgIpc) is 2.92. The summed E-state index contributed by atoms with van der Waals surface area (Å²) in [6.45, 7) is 0. The molecule has 3 heterocycles. The number of nitrogens with one attached hydrogen (secondary N) is 3. The van der Waals surface area contributed by atoms with Crippen LogP contribution in [0.3, 0.4) is 0 Å². The van der Waals surface area contributed by atoms with Gasteiger partial charge in [-0.2, -0.15) is 0 Å². The first kappa shape index (κ1) is 11.7. The van der Waals surface area contributed by atoms with Crippen LogP contribution in [-0.4, -0.2) is 37.1 Å². The Kier molecular flexibility index (Phi) is 2.49. The van der Waals surface area contributed by atoms with E-state index in [1.54, 1.807) is 0 Å². The predicted molar refractivity (Wildman–Crippen MR) is 61.8 cm³/mol. The molecule has 0 spiro atoms. The first-order valence-corrected chi connectivity index (χ1v) is 5.65. The van der Waals surface area contributed by atoms with Crippen LogP contribution in [0.4, 0.5) is 0 Å². The first-order chi connectivity index (χ1) is 9.04. The van der Waals surface area contributed by atoms with Crippen LogP contribution in [0.25, 0.3) is 11.2 Å². The van der Waals surface area contributed by atoms with Crippen molar-refractivity contribution in [1.29, 1.82) is 0 Å². The molecule has 4 N–H and O–H groups in total. The molecule has 3 rings (SSSR count). The third kappa shape index (κ3) is 1.93. The van der Waals surface area contributed by atoms with E-state index < -0.39 is 29.4 Å². The zero-order valence-electron chi connectivity index (χ0n) is 9.60. The molecule has 1 fully saturated rings. The molecule has 0 radical (unpaired) electrons. The molecule has 2 aromatic heterocycles. The number of aliphatic carboxylic acids is 1. The zero-order chi connectivity index (χ0) is 13.6. The van der Waals surface area contributed by atoms with Crippen molar-refractivity contribution >= 4 is 17.1 Å². The Bertz CT molecular complexity index is 757. The number of hydrogen-bond acceptors (Lipinski definition) is 5. The summed E-state index contributed by atoms with van der Waals surface area (Å²) in [4.78, 5) is 44.7. The van der Waals surface area contributed by atoms with E-state index in [9.17, 15) is 14.4 Å². The first-order valence-electron chi connectivity index (χ1n) is 5.65. The predicted octanol–water partition coefficient (Wildman–Crippen LogP) is -0.756. The molecule has 100 valence electrons. The maximum Gasteiger partial charge on any atom is 0.332 e. The SMILES string of the molecule is O=C(O)C1CCC(c2nc3[nH]c(=O)[nH]c(=O)c3[nH]2)O1. The lowest BCUT2D eigenvalue weighted by atomic mass is 10.2. The monoisotopic (exact) mass is 266 g/mol. The molecule has 19 heavy (non-hydrogen) atoms. The fourth-order valence-electron chi connectivity index (χ4n) is 2.12. The van der Waals surface area contributed by atoms with Crippen molar-refractivity contribution < 1.29 is 14.6 Å². The van der Waals surface area contributed by atoms with Gasteiger partial charge in [0.25, 0.3) is 5.56 Å². The second kappa shape index (κ2) is 4.05. The number of aromatic nitrogens is 4. The van der Waals surface area contributed by atoms with Crippen LogP contribution in [0, 0.1) is 0 Å². The highest BCUT2D eigenvalue weighted by atomic mass is 16.5. The number of H-pyrrole nitrogens is 3. The van der Waals surface area contributed by atoms with Gasteiger partial charge in [-0.25, -0.2) is 14.6 Å². The standard InChI is InChI=1S/C10H10N4O5/c15-8-5-7(13-10(18)14-8)12-6(11-5)3-1-2-4(19-3)9(16)17/h3-4H,1-2H2,(H,16,17)(H3,11,12,13,14,15,18). The van der Waals surface area contributed by atoms with Crippen molar-refractivity contribution in [3.8, 4) is 0 Å². The van der Waals surface area contributed by atoms with Gasteiger partial charge in [0.1, 0.15) is 17.4 Å². The van der Waals surface area contributed by atoms with Gasteiger partial charge in [-0.3, -0.25) is 14.8 Å². The van der Waals surface area contributed by atoms with Crippen LogP contribution in [0.2, 0.25) is 0 Å². The molecule has 0 saturated carbocycles. The lowest BCUT2D eigenvalue weighted by Crippen LogP contribution is -2.21. The molecule has 0 bridgehead atoms. The molecule has 0 aromatic carbocycles. The highest BCUT2D eigenvalue weighted by Gasteiger charge is 2.33. The number of rotatable bonds is 2. The Labute approximate surface area is 104 Å². The van der Waals surface area contributed by atoms with Gasteiger partial charge in [0, 0.05) is 0 Å². The highest BCUT2D eigenvalue weighted by Crippen LogP contribution is 2.31. The summed E-state index contributed by atoms with van der Waals surface area (Å²) >= 11 is 0. The minimum atomic E-state index is -1.02. The summed E-state index contributed by atoms with van der Waals surface area (Å²) in [6, 6.07) is 0. The Morgan fingerprint density at radius 2 is 2.05 bits per heavy atom. The van der Waals surface area contributed by atoms with Gasteiger partial charge in [0.2, 0.25) is 0 Å². The number of carbonyl (C=O) groups is 1. The molecular weight excluding hydrogens is 256 g/mol. The summed E-state index contributed by atoms with van der Waals surface area (Å²) in [5, 5.41) is 8.84. The van der Waals surface area contributed by atoms with Gasteiger partial charge < -0.3 is 14.8 Å². The smallest absolute Gasteiger partial charge is 0.332 e. The average molecular weight is 266 g/mol. The molecule has 1 aliphatic heterocycles. The number of fused-ring (bicyclic) bond motifs is 1. The van der Waals surface area contributed by atoms with Crippen molar-refractivity contribution in [2.24, 2.45) is 0 Å². The fraction of sp³-hybridized carbons (Fsp3) is 0.400. The number of hydrogen-bond donors (Lipinski definition) is 4. The molecule has 0 amide bonds. The van der Waals surface area contributed by atoms with Crippen LogP contribution in [-0.2, 0) is 9.53 Å². The molecule has 1 saturated heterocycles. The lowest BCUT2D eigenvalue weighted by molar-refractivity contribution is -0.149. The van der Waals surface area contributed by atoms with E-state index >= 15 is 0 Å². The number of ether oxygens (including phenoxy) is 1. The van der Waals surface area contributed by atoms with Gasteiger partial charge >= 0.3 is 11.7 Å². The number of imidazole rings is 1. The lowest BCUT2D eigenvalue weighted by Gasteiger charge is -2.07. The molecule has 2 atom stereocenters. The van der Waals surface area contributed by atoms with Crippen LogP contribution in [0.1, 0.15) is 24.8 Å². The van der Waals surface area contributed by atoms with Gasteiger partial charge in [0.05, 0.1) is 0 Å². The van der Waals surface area contributed by atoms with Crippen molar-refractivity contribution in [2.75, 3.05) is 0 Å². The van der Waals surface area contributed by atoms with E-state index in [0.29, 0.717) is 18.7 Å². The summed E-state index contributed by atoms with van der Waals surface area (Å²) < 4.78 is 5.31. The quantitative estimate of drug-likeness (QED) is 0.563. The summed E-state index contributed by atoms with van der Waals surface area (Å²) in [5.41, 5.74) is -0.959. The number of carboxylic acid groups (broad SMARTS) is 1. The van der Waals surface area contributed by atoms with Crippen molar-refractivity contribution in [3.63, 3.8) is 0 Å². The van der Waals surface area contributed by atoms with Crippen LogP contribution >= 0.6 is 0 Å². The Hall–Kier alpha value is -2.42. The maximum atomic E-state index is 11.5. The summed E-state index contributed by atoms with van der Waals surface area (Å²) in [7, 11) is 0. The zero-order valence-corrected chi connectivity index (χ0v) is 9.60. The minimum Gasteiger partial charge on any atom is -0.479 e. The van der Waals surface area contributed by atoms with Crippen LogP contribution < -0.4 is 11.2 Å². The molecule has 0 aliphatic carbocycles. The van der Waals surface area contributed by atoms with Gasteiger partial charge in [0.15, 0.2) is 11.8 Å². The van der Waals surface area contributed by atoms with E-state index in [4.69, 9.17) is 9.84 Å². The molecule has 9 heteroatoms. The molecule has 2 unspecified atom stereocenters. The summed E-state index contributed by atoms with van der Waals surface area (Å²) in [6.07, 6.45) is -0.519. The second-order valence-corrected chi connectivity index (χ2v) is 4.28. The molecule has 1 aliphatic rings. The van der Waals surface area contributed by atoms with E-state index in [1.807, 2.05) is 0 Å². The fourth-order valence-corrected chi connectivity index (χ4v) is 2.12. The van der Waals surface area contributed by atoms with Crippen molar-refractivity contribution in [1.82, 2.24) is 19.9 Å². The van der Waals surface area contributed by atoms with Crippen LogP contribution in [0.5, 0.6) is 0 Å². The van der Waals surface area contributed by atoms with E-state index in [1.165, 1.54) is 0 Å². The molecule has 9 nitrogen and oxygen atoms in total. The van der Waals surface area contributed by atoms with E-state index in [-0.39, 0.29) is 11.2 Å². The Morgan fingerprint density at radius 3 is 2.74 bits per heavy atom. The second-order valence-electron chi connectivity index (χ2n) is 4.28. The highest BCUT2D eigenvalue weighted by molar-refractivity contribution is 5.72. The van der Waals surface area contributed by atoms with Crippen molar-refractivity contribution in [2.45, 2.75) is 25.0 Å². The third-order valence-electron chi connectivity index (χ3n) is 3.01. The maximum absolute atomic E-state index is 11.5. The summed E-state index contributed by atoms with van der Waals surface area (Å²) in [5.74, 6) is -0.684. The molecular formula is C10H10N4O5. The van der Waals surface area contributed by atoms with E-state index in [0.717, 1.165) is 0 Å². The Morgan fingerprint density at radius 1 is 1.26 bits per heavy atom. The van der Waals surface area contributed by atoms with Gasteiger partial charge in [-0.1, -0.05) is 0 Å². The number of nitrogens with zero attached hydrogens (tertiary/aromatic N) is 1. The molecule has 2 aromatic rings. The Balaban J connectivity index is 1.99. The normalized spacial score (nSPS) is 22.9. The van der Waals surface area contributed by atoms with Crippen molar-refractivity contribution in [3.05, 3.63) is 26.7 Å². The van der Waals surface area contributed by atoms with Gasteiger partial charge in [-0.05, 0) is 12.8 Å². The third-order valence-corrected chi connectivity index (χ3v) is 3.01. The largest absolute Gasteiger partial charge is 0.479 e. The minimum absolute atomic E-state index is 0.131. The number of aromatic amines is 3. The topological polar surface area (TPSA) is 141 Å².